The summed E-state index contributed by atoms with van der Waals surface area (Å²) in [6.45, 7) is 2.73. The Balaban J connectivity index is 1.46. The monoisotopic (exact) mass is 493 g/mol. The van der Waals surface area contributed by atoms with Crippen LogP contribution in [0.15, 0.2) is 82.2 Å². The zero-order valence-corrected chi connectivity index (χ0v) is 19.3. The van der Waals surface area contributed by atoms with Gasteiger partial charge in [0, 0.05) is 0 Å². The second kappa shape index (κ2) is 9.54. The van der Waals surface area contributed by atoms with Crippen molar-refractivity contribution in [3.8, 4) is 5.75 Å². The third-order valence-electron chi connectivity index (χ3n) is 4.79. The van der Waals surface area contributed by atoms with E-state index in [0.29, 0.717) is 17.3 Å². The highest BCUT2D eigenvalue weighted by Crippen LogP contribution is 2.35. The molecule has 0 aromatic heterocycles. The van der Waals surface area contributed by atoms with Crippen LogP contribution in [0, 0.1) is 6.92 Å². The molecule has 1 fully saturated rings. The Kier molecular flexibility index (Phi) is 6.59. The maximum atomic E-state index is 12.8. The number of hydrogen-bond acceptors (Lipinski definition) is 4. The first-order valence-electron chi connectivity index (χ1n) is 9.77. The van der Waals surface area contributed by atoms with E-state index in [1.165, 1.54) is 4.90 Å². The topological polar surface area (TPSA) is 46.6 Å². The first-order valence-corrected chi connectivity index (χ1v) is 11.4. The van der Waals surface area contributed by atoms with Crippen LogP contribution >= 0.6 is 27.7 Å². The van der Waals surface area contributed by atoms with Crippen LogP contribution in [0.2, 0.25) is 0 Å². The number of carbonyl (C=O) groups excluding carboxylic acids is 2. The molecule has 0 bridgehead atoms. The molecule has 6 heteroatoms. The van der Waals surface area contributed by atoms with Gasteiger partial charge in [0.05, 0.1) is 15.9 Å². The number of ether oxygens (including phenoxy) is 1. The standard InChI is InChI=1S/C25H20BrNO3S/c1-17-6-5-9-20(12-17)15-27-24(28)23(31-25(27)29)14-19-10-11-22(21(26)13-19)30-16-18-7-3-2-4-8-18/h2-14H,15-16H2,1H3/b23-14-. The molecule has 0 atom stereocenters. The number of benzene rings is 3. The minimum absolute atomic E-state index is 0.250. The molecule has 0 unspecified atom stereocenters. The van der Waals surface area contributed by atoms with Crippen LogP contribution in [0.1, 0.15) is 22.3 Å². The number of aryl methyl sites for hydroxylation is 1. The van der Waals surface area contributed by atoms with Crippen LogP contribution in [-0.4, -0.2) is 16.0 Å². The molecule has 1 aliphatic heterocycles. The Morgan fingerprint density at radius 1 is 0.968 bits per heavy atom. The number of carbonyl (C=O) groups is 2. The zero-order valence-electron chi connectivity index (χ0n) is 16.9. The number of amides is 2. The largest absolute Gasteiger partial charge is 0.488 e. The SMILES string of the molecule is Cc1cccc(CN2C(=O)S/C(=C\c3ccc(OCc4ccccc4)c(Br)c3)C2=O)c1. The van der Waals surface area contributed by atoms with Crippen LogP contribution < -0.4 is 4.74 Å². The molecule has 4 nitrogen and oxygen atoms in total. The molecule has 1 heterocycles. The molecule has 3 aromatic carbocycles. The van der Waals surface area contributed by atoms with Crippen molar-refractivity contribution in [1.82, 2.24) is 4.90 Å². The quantitative estimate of drug-likeness (QED) is 0.364. The van der Waals surface area contributed by atoms with Crippen LogP contribution in [-0.2, 0) is 17.9 Å². The predicted octanol–water partition coefficient (Wildman–Crippen LogP) is 6.57. The molecule has 0 spiro atoms. The number of halogens is 1. The molecule has 4 rings (SSSR count). The molecule has 0 radical (unpaired) electrons. The summed E-state index contributed by atoms with van der Waals surface area (Å²) in [6.07, 6.45) is 1.74. The van der Waals surface area contributed by atoms with Gasteiger partial charge >= 0.3 is 0 Å². The maximum Gasteiger partial charge on any atom is 0.293 e. The van der Waals surface area contributed by atoms with Crippen molar-refractivity contribution in [2.45, 2.75) is 20.1 Å². The summed E-state index contributed by atoms with van der Waals surface area (Å²) >= 11 is 4.51. The zero-order chi connectivity index (χ0) is 21.8. The summed E-state index contributed by atoms with van der Waals surface area (Å²) in [6, 6.07) is 23.4. The number of thioether (sulfide) groups is 1. The smallest absolute Gasteiger partial charge is 0.293 e. The first-order chi connectivity index (χ1) is 15.0. The van der Waals surface area contributed by atoms with Crippen molar-refractivity contribution in [3.63, 3.8) is 0 Å². The van der Waals surface area contributed by atoms with Gasteiger partial charge in [-0.25, -0.2) is 0 Å². The van der Waals surface area contributed by atoms with Crippen LogP contribution in [0.5, 0.6) is 5.75 Å². The number of imide groups is 1. The van der Waals surface area contributed by atoms with E-state index in [9.17, 15) is 9.59 Å². The van der Waals surface area contributed by atoms with Crippen LogP contribution in [0.25, 0.3) is 6.08 Å². The van der Waals surface area contributed by atoms with Crippen molar-refractivity contribution in [2.24, 2.45) is 0 Å². The molecule has 2 amide bonds. The van der Waals surface area contributed by atoms with E-state index in [4.69, 9.17) is 4.74 Å². The molecular formula is C25H20BrNO3S. The summed E-state index contributed by atoms with van der Waals surface area (Å²) in [7, 11) is 0. The van der Waals surface area contributed by atoms with Gasteiger partial charge in [-0.15, -0.1) is 0 Å². The fraction of sp³-hybridized carbons (Fsp3) is 0.120. The normalized spacial score (nSPS) is 15.0. The minimum Gasteiger partial charge on any atom is -0.488 e. The van der Waals surface area contributed by atoms with E-state index >= 15 is 0 Å². The van der Waals surface area contributed by atoms with Gasteiger partial charge in [0.25, 0.3) is 11.1 Å². The fourth-order valence-corrected chi connectivity index (χ4v) is 4.59. The Morgan fingerprint density at radius 2 is 1.74 bits per heavy atom. The average Bonchev–Trinajstić information content (AvgIpc) is 3.01. The molecule has 31 heavy (non-hydrogen) atoms. The third kappa shape index (κ3) is 5.27. The lowest BCUT2D eigenvalue weighted by Gasteiger charge is -2.12. The van der Waals surface area contributed by atoms with Crippen LogP contribution in [0.3, 0.4) is 0 Å². The Morgan fingerprint density at radius 3 is 2.48 bits per heavy atom. The van der Waals surface area contributed by atoms with E-state index in [1.807, 2.05) is 79.7 Å². The summed E-state index contributed by atoms with van der Waals surface area (Å²) in [4.78, 5) is 26.9. The highest BCUT2D eigenvalue weighted by atomic mass is 79.9. The summed E-state index contributed by atoms with van der Waals surface area (Å²) in [5, 5.41) is -0.250. The number of rotatable bonds is 6. The van der Waals surface area contributed by atoms with Gasteiger partial charge in [0.1, 0.15) is 12.4 Å². The number of hydrogen-bond donors (Lipinski definition) is 0. The highest BCUT2D eigenvalue weighted by molar-refractivity contribution is 9.10. The van der Waals surface area contributed by atoms with Crippen LogP contribution in [0.4, 0.5) is 4.79 Å². The molecule has 1 aliphatic rings. The lowest BCUT2D eigenvalue weighted by Crippen LogP contribution is -2.27. The van der Waals surface area contributed by atoms with Crippen molar-refractivity contribution in [2.75, 3.05) is 0 Å². The molecule has 3 aromatic rings. The van der Waals surface area contributed by atoms with Gasteiger partial charge in [-0.2, -0.15) is 0 Å². The molecular weight excluding hydrogens is 474 g/mol. The molecule has 1 saturated heterocycles. The van der Waals surface area contributed by atoms with Gasteiger partial charge in [0.2, 0.25) is 0 Å². The van der Waals surface area contributed by atoms with E-state index in [-0.39, 0.29) is 17.7 Å². The lowest BCUT2D eigenvalue weighted by atomic mass is 10.1. The third-order valence-corrected chi connectivity index (χ3v) is 6.31. The van der Waals surface area contributed by atoms with E-state index < -0.39 is 0 Å². The molecule has 0 saturated carbocycles. The van der Waals surface area contributed by atoms with Crippen molar-refractivity contribution in [3.05, 3.63) is 104 Å². The van der Waals surface area contributed by atoms with Crippen molar-refractivity contribution >= 4 is 44.9 Å². The van der Waals surface area contributed by atoms with Gasteiger partial charge in [0.15, 0.2) is 0 Å². The minimum atomic E-state index is -0.267. The fourth-order valence-electron chi connectivity index (χ4n) is 3.24. The van der Waals surface area contributed by atoms with E-state index in [2.05, 4.69) is 15.9 Å². The first kappa shape index (κ1) is 21.4. The van der Waals surface area contributed by atoms with Gasteiger partial charge < -0.3 is 4.74 Å². The summed E-state index contributed by atoms with van der Waals surface area (Å²) in [5.41, 5.74) is 3.94. The second-order valence-corrected chi connectivity index (χ2v) is 9.07. The highest BCUT2D eigenvalue weighted by Gasteiger charge is 2.35. The van der Waals surface area contributed by atoms with E-state index in [0.717, 1.165) is 38.5 Å². The number of nitrogens with zero attached hydrogens (tertiary/aromatic N) is 1. The average molecular weight is 494 g/mol. The Hall–Kier alpha value is -2.83. The van der Waals surface area contributed by atoms with E-state index in [1.54, 1.807) is 6.08 Å². The lowest BCUT2D eigenvalue weighted by molar-refractivity contribution is -0.123. The Labute approximate surface area is 194 Å². The van der Waals surface area contributed by atoms with Gasteiger partial charge in [-0.05, 0) is 69.5 Å². The molecule has 0 N–H and O–H groups in total. The maximum absolute atomic E-state index is 12.8. The van der Waals surface area contributed by atoms with Gasteiger partial charge in [-0.3, -0.25) is 14.5 Å². The molecule has 156 valence electrons. The van der Waals surface area contributed by atoms with Gasteiger partial charge in [-0.1, -0.05) is 66.2 Å². The van der Waals surface area contributed by atoms with Crippen molar-refractivity contribution in [1.29, 1.82) is 0 Å². The predicted molar refractivity (Wildman–Crippen MR) is 128 cm³/mol. The Bertz CT molecular complexity index is 1160. The van der Waals surface area contributed by atoms with Crippen molar-refractivity contribution < 1.29 is 14.3 Å². The summed E-state index contributed by atoms with van der Waals surface area (Å²) < 4.78 is 6.67. The summed E-state index contributed by atoms with van der Waals surface area (Å²) in [5.74, 6) is 0.450. The molecule has 0 aliphatic carbocycles. The second-order valence-electron chi connectivity index (χ2n) is 7.22.